The average Bonchev–Trinajstić information content (AvgIpc) is 3.17. The third-order valence-electron chi connectivity index (χ3n) is 6.60. The van der Waals surface area contributed by atoms with Crippen molar-refractivity contribution in [1.82, 2.24) is 14.9 Å². The summed E-state index contributed by atoms with van der Waals surface area (Å²) in [5.41, 5.74) is -0.668. The molecule has 1 aromatic rings. The van der Waals surface area contributed by atoms with Gasteiger partial charge in [0.1, 0.15) is 18.3 Å². The summed E-state index contributed by atoms with van der Waals surface area (Å²) in [4.78, 5) is 37.6. The molecule has 2 heterocycles. The van der Waals surface area contributed by atoms with Gasteiger partial charge >= 0.3 is 17.8 Å². The number of nitrogens with zero attached hydrogens (tertiary/aromatic N) is 1. The van der Waals surface area contributed by atoms with Crippen LogP contribution in [0, 0.1) is 6.92 Å². The van der Waals surface area contributed by atoms with Crippen molar-refractivity contribution < 1.29 is 31.9 Å². The summed E-state index contributed by atoms with van der Waals surface area (Å²) in [7, 11) is 0.487. The number of nitrogens with one attached hydrogen (secondary N) is 2. The van der Waals surface area contributed by atoms with E-state index in [9.17, 15) is 27.6 Å². The van der Waals surface area contributed by atoms with Crippen LogP contribution in [0.25, 0.3) is 0 Å². The van der Waals surface area contributed by atoms with Gasteiger partial charge < -0.3 is 19.2 Å². The minimum Gasteiger partial charge on any atom is -0.414 e. The van der Waals surface area contributed by atoms with Gasteiger partial charge in [-0.2, -0.15) is 13.2 Å². The first kappa shape index (κ1) is 32.9. The largest absolute Gasteiger partial charge is 0.471 e. The number of halogens is 3. The lowest BCUT2D eigenvalue weighted by Crippen LogP contribution is -2.44. The molecule has 1 amide bonds. The summed E-state index contributed by atoms with van der Waals surface area (Å²) in [5.74, 6) is -1.78. The molecule has 218 valence electrons. The topological polar surface area (TPSA) is 112 Å². The number of hydrogen-bond donors (Lipinski definition) is 2. The molecule has 15 heteroatoms. The molecule has 0 saturated carbocycles. The molecule has 1 aromatic heterocycles. The third kappa shape index (κ3) is 9.15. The fourth-order valence-corrected chi connectivity index (χ4v) is 6.41. The standard InChI is InChI=1S/C23H38F3N3O6S2Si/c1-14-10-29(20(32)28-18(14)30)17-9-15(16(35-17)11-34-38(7,8)21(2,3)4)33-13-36-37-22(5,6)12-27-19(31)23(24,25)26/h10,15-17H,9,11-13H2,1-8H3,(H,27,31)(H,28,30,32)/t15?,16-,17-/m1/s1. The van der Waals surface area contributed by atoms with Gasteiger partial charge in [-0.15, -0.1) is 0 Å². The van der Waals surface area contributed by atoms with Crippen LogP contribution < -0.4 is 16.6 Å². The lowest BCUT2D eigenvalue weighted by molar-refractivity contribution is -0.173. The molecule has 9 nitrogen and oxygen atoms in total. The zero-order chi connectivity index (χ0) is 29.1. The monoisotopic (exact) mass is 601 g/mol. The first-order chi connectivity index (χ1) is 17.2. The summed E-state index contributed by atoms with van der Waals surface area (Å²) in [6, 6.07) is 0. The van der Waals surface area contributed by atoms with Gasteiger partial charge in [0.05, 0.1) is 12.7 Å². The zero-order valence-electron chi connectivity index (χ0n) is 23.0. The predicted molar refractivity (Wildman–Crippen MR) is 146 cm³/mol. The Bertz CT molecular complexity index is 1090. The lowest BCUT2D eigenvalue weighted by Gasteiger charge is -2.37. The second kappa shape index (κ2) is 12.5. The third-order valence-corrected chi connectivity index (χ3v) is 14.0. The van der Waals surface area contributed by atoms with E-state index in [1.54, 1.807) is 20.8 Å². The minimum absolute atomic E-state index is 0.0199. The van der Waals surface area contributed by atoms with E-state index in [-0.39, 0.29) is 24.1 Å². The number of aromatic amines is 1. The first-order valence-electron chi connectivity index (χ1n) is 12.1. The maximum Gasteiger partial charge on any atom is 0.471 e. The molecule has 2 N–H and O–H groups in total. The summed E-state index contributed by atoms with van der Waals surface area (Å²) >= 11 is 0. The van der Waals surface area contributed by atoms with E-state index in [1.807, 2.05) is 5.32 Å². The number of hydrogen-bond acceptors (Lipinski definition) is 8. The average molecular weight is 602 g/mol. The summed E-state index contributed by atoms with van der Waals surface area (Å²) in [5, 5.41) is 1.88. The summed E-state index contributed by atoms with van der Waals surface area (Å²) in [6.45, 7) is 15.8. The van der Waals surface area contributed by atoms with Crippen molar-refractivity contribution in [3.05, 3.63) is 32.6 Å². The lowest BCUT2D eigenvalue weighted by atomic mass is 10.2. The van der Waals surface area contributed by atoms with Crippen LogP contribution in [-0.4, -0.2) is 66.0 Å². The van der Waals surface area contributed by atoms with Gasteiger partial charge in [0.15, 0.2) is 8.32 Å². The van der Waals surface area contributed by atoms with Crippen LogP contribution in [0.15, 0.2) is 15.8 Å². The number of aromatic nitrogens is 2. The minimum atomic E-state index is -4.93. The summed E-state index contributed by atoms with van der Waals surface area (Å²) < 4.78 is 56.7. The fourth-order valence-electron chi connectivity index (χ4n) is 3.23. The van der Waals surface area contributed by atoms with Crippen LogP contribution >= 0.6 is 21.6 Å². The Labute approximate surface area is 229 Å². The van der Waals surface area contributed by atoms with Crippen molar-refractivity contribution in [2.45, 2.75) is 95.5 Å². The molecule has 1 unspecified atom stereocenters. The Kier molecular flexibility index (Phi) is 10.8. The molecule has 1 aliphatic rings. The molecule has 0 aromatic carbocycles. The van der Waals surface area contributed by atoms with Crippen LogP contribution in [0.3, 0.4) is 0 Å². The van der Waals surface area contributed by atoms with Crippen LogP contribution in [-0.2, 0) is 18.7 Å². The number of H-pyrrole nitrogens is 1. The van der Waals surface area contributed by atoms with E-state index in [0.29, 0.717) is 12.0 Å². The molecule has 3 atom stereocenters. The molecule has 0 bridgehead atoms. The van der Waals surface area contributed by atoms with Crippen molar-refractivity contribution in [3.8, 4) is 0 Å². The number of carbonyl (C=O) groups excluding carboxylic acids is 1. The number of alkyl halides is 3. The van der Waals surface area contributed by atoms with E-state index >= 15 is 0 Å². The van der Waals surface area contributed by atoms with Gasteiger partial charge in [-0.3, -0.25) is 19.1 Å². The van der Waals surface area contributed by atoms with E-state index in [2.05, 4.69) is 38.8 Å². The predicted octanol–water partition coefficient (Wildman–Crippen LogP) is 4.34. The maximum absolute atomic E-state index is 12.5. The van der Waals surface area contributed by atoms with E-state index in [1.165, 1.54) is 32.4 Å². The number of ether oxygens (including phenoxy) is 2. The number of rotatable bonds is 11. The van der Waals surface area contributed by atoms with Crippen LogP contribution in [0.5, 0.6) is 0 Å². The van der Waals surface area contributed by atoms with Crippen molar-refractivity contribution in [2.75, 3.05) is 19.1 Å². The van der Waals surface area contributed by atoms with Gasteiger partial charge in [0.25, 0.3) is 5.56 Å². The van der Waals surface area contributed by atoms with E-state index < -0.39 is 54.8 Å². The Balaban J connectivity index is 2.04. The number of aryl methyl sites for hydroxylation is 1. The first-order valence-corrected chi connectivity index (χ1v) is 17.3. The van der Waals surface area contributed by atoms with Gasteiger partial charge in [0.2, 0.25) is 0 Å². The zero-order valence-corrected chi connectivity index (χ0v) is 25.6. The Morgan fingerprint density at radius 2 is 1.87 bits per heavy atom. The highest BCUT2D eigenvalue weighted by Crippen LogP contribution is 2.39. The molecule has 0 aliphatic carbocycles. The maximum atomic E-state index is 12.5. The fraction of sp³-hybridized carbons (Fsp3) is 0.783. The molecular weight excluding hydrogens is 563 g/mol. The molecule has 2 rings (SSSR count). The van der Waals surface area contributed by atoms with Crippen LogP contribution in [0.2, 0.25) is 18.1 Å². The van der Waals surface area contributed by atoms with Gasteiger partial charge in [0, 0.05) is 29.5 Å². The van der Waals surface area contributed by atoms with Gasteiger partial charge in [-0.1, -0.05) is 42.4 Å². The molecule has 0 radical (unpaired) electrons. The van der Waals surface area contributed by atoms with Crippen molar-refractivity contribution in [3.63, 3.8) is 0 Å². The SMILES string of the molecule is Cc1cn([C@H]2CC(OCSSC(C)(C)CNC(=O)C(F)(F)F)[C@@H](CO[Si](C)(C)C(C)(C)C)O2)c(=O)[nH]c1=O. The Hall–Kier alpha value is -1.26. The van der Waals surface area contributed by atoms with Crippen LogP contribution in [0.4, 0.5) is 13.2 Å². The smallest absolute Gasteiger partial charge is 0.414 e. The van der Waals surface area contributed by atoms with E-state index in [4.69, 9.17) is 13.9 Å². The number of amides is 1. The Morgan fingerprint density at radius 1 is 1.24 bits per heavy atom. The molecule has 1 fully saturated rings. The van der Waals surface area contributed by atoms with E-state index in [0.717, 1.165) is 0 Å². The second-order valence-corrected chi connectivity index (χ2v) is 19.1. The van der Waals surface area contributed by atoms with Crippen molar-refractivity contribution >= 4 is 35.8 Å². The quantitative estimate of drug-likeness (QED) is 0.167. The highest BCUT2D eigenvalue weighted by Gasteiger charge is 2.42. The van der Waals surface area contributed by atoms with Crippen molar-refractivity contribution in [1.29, 1.82) is 0 Å². The van der Waals surface area contributed by atoms with Gasteiger partial charge in [-0.05, 0) is 38.9 Å². The molecule has 1 saturated heterocycles. The molecule has 0 spiro atoms. The van der Waals surface area contributed by atoms with Crippen LogP contribution in [0.1, 0.15) is 52.8 Å². The van der Waals surface area contributed by atoms with Gasteiger partial charge in [-0.25, -0.2) is 4.79 Å². The second-order valence-electron chi connectivity index (χ2n) is 11.4. The highest BCUT2D eigenvalue weighted by atomic mass is 33.1. The van der Waals surface area contributed by atoms with Crippen molar-refractivity contribution in [2.24, 2.45) is 0 Å². The molecule has 38 heavy (non-hydrogen) atoms. The summed E-state index contributed by atoms with van der Waals surface area (Å²) in [6.07, 6.45) is -4.69. The molecular formula is C23H38F3N3O6S2Si. The molecule has 1 aliphatic heterocycles. The number of carbonyl (C=O) groups is 1. The highest BCUT2D eigenvalue weighted by molar-refractivity contribution is 8.77. The Morgan fingerprint density at radius 3 is 2.45 bits per heavy atom. The normalized spacial score (nSPS) is 21.1.